The first kappa shape index (κ1) is 12.1. The molecule has 2 unspecified atom stereocenters. The van der Waals surface area contributed by atoms with E-state index >= 15 is 0 Å². The van der Waals surface area contributed by atoms with E-state index in [9.17, 15) is 9.59 Å². The van der Waals surface area contributed by atoms with E-state index in [2.05, 4.69) is 6.58 Å². The molecule has 1 fully saturated rings. The van der Waals surface area contributed by atoms with E-state index in [1.807, 2.05) is 13.8 Å². The number of carboxylic acid groups (broad SMARTS) is 1. The number of nitrogens with zero attached hydrogens (tertiary/aromatic N) is 1. The summed E-state index contributed by atoms with van der Waals surface area (Å²) in [5.74, 6) is -0.548. The molecule has 0 bridgehead atoms. The molecule has 15 heavy (non-hydrogen) atoms. The summed E-state index contributed by atoms with van der Waals surface area (Å²) in [6.45, 7) is 7.35. The number of rotatable bonds is 3. The summed E-state index contributed by atoms with van der Waals surface area (Å²) in [6, 6.07) is -0.715. The molecular formula is C10H15NO3S. The molecule has 0 saturated carbocycles. The fourth-order valence-corrected chi connectivity index (χ4v) is 3.09. The lowest BCUT2D eigenvalue weighted by Crippen LogP contribution is -2.46. The molecule has 1 amide bonds. The minimum absolute atomic E-state index is 0.0587. The van der Waals surface area contributed by atoms with Gasteiger partial charge in [-0.15, -0.1) is 11.8 Å². The first-order valence-corrected chi connectivity index (χ1v) is 5.83. The van der Waals surface area contributed by atoms with Gasteiger partial charge in [0.2, 0.25) is 5.91 Å². The normalized spacial score (nSPS) is 25.7. The molecule has 1 saturated heterocycles. The van der Waals surface area contributed by atoms with Crippen LogP contribution in [0.3, 0.4) is 0 Å². The van der Waals surface area contributed by atoms with E-state index in [1.54, 1.807) is 0 Å². The van der Waals surface area contributed by atoms with Gasteiger partial charge in [-0.1, -0.05) is 20.4 Å². The van der Waals surface area contributed by atoms with Crippen molar-refractivity contribution in [1.29, 1.82) is 0 Å². The first-order valence-electron chi connectivity index (χ1n) is 4.78. The average molecular weight is 229 g/mol. The third-order valence-electron chi connectivity index (χ3n) is 2.32. The van der Waals surface area contributed by atoms with Crippen molar-refractivity contribution in [2.24, 2.45) is 5.92 Å². The molecule has 0 radical (unpaired) electrons. The van der Waals surface area contributed by atoms with Gasteiger partial charge in [0.1, 0.15) is 6.04 Å². The second-order valence-electron chi connectivity index (χ2n) is 3.77. The highest BCUT2D eigenvalue weighted by atomic mass is 32.2. The van der Waals surface area contributed by atoms with E-state index in [4.69, 9.17) is 5.11 Å². The van der Waals surface area contributed by atoms with E-state index in [0.29, 0.717) is 5.75 Å². The Morgan fingerprint density at radius 3 is 2.60 bits per heavy atom. The van der Waals surface area contributed by atoms with E-state index < -0.39 is 12.0 Å². The van der Waals surface area contributed by atoms with Gasteiger partial charge in [0.05, 0.1) is 5.37 Å². The molecule has 0 aromatic rings. The van der Waals surface area contributed by atoms with Crippen LogP contribution in [0.25, 0.3) is 0 Å². The smallest absolute Gasteiger partial charge is 0.327 e. The van der Waals surface area contributed by atoms with Gasteiger partial charge in [-0.25, -0.2) is 4.79 Å². The summed E-state index contributed by atoms with van der Waals surface area (Å²) >= 11 is 1.52. The molecule has 4 nitrogen and oxygen atoms in total. The van der Waals surface area contributed by atoms with Crippen molar-refractivity contribution in [1.82, 2.24) is 4.90 Å². The topological polar surface area (TPSA) is 57.6 Å². The molecule has 1 aliphatic rings. The molecular weight excluding hydrogens is 214 g/mol. The van der Waals surface area contributed by atoms with Gasteiger partial charge in [-0.3, -0.25) is 4.79 Å². The number of carbonyl (C=O) groups excluding carboxylic acids is 1. The number of amides is 1. The Balaban J connectivity index is 2.92. The number of hydrogen-bond donors (Lipinski definition) is 1. The van der Waals surface area contributed by atoms with E-state index in [0.717, 1.165) is 0 Å². The molecule has 84 valence electrons. The predicted octanol–water partition coefficient (Wildman–Crippen LogP) is 1.18. The zero-order chi connectivity index (χ0) is 11.6. The minimum atomic E-state index is -0.944. The van der Waals surface area contributed by atoms with Crippen LogP contribution in [0, 0.1) is 5.92 Å². The van der Waals surface area contributed by atoms with Crippen molar-refractivity contribution in [3.8, 4) is 0 Å². The fourth-order valence-electron chi connectivity index (χ4n) is 1.62. The monoisotopic (exact) mass is 229 g/mol. The number of carboxylic acids is 1. The lowest BCUT2D eigenvalue weighted by molar-refractivity contribution is -0.147. The maximum Gasteiger partial charge on any atom is 0.327 e. The average Bonchev–Trinajstić information content (AvgIpc) is 2.60. The van der Waals surface area contributed by atoms with Gasteiger partial charge in [0.25, 0.3) is 0 Å². The van der Waals surface area contributed by atoms with Crippen molar-refractivity contribution >= 4 is 23.6 Å². The summed E-state index contributed by atoms with van der Waals surface area (Å²) in [7, 11) is 0. The Morgan fingerprint density at radius 1 is 1.60 bits per heavy atom. The Bertz CT molecular complexity index is 290. The summed E-state index contributed by atoms with van der Waals surface area (Å²) in [5, 5.41) is 8.93. The van der Waals surface area contributed by atoms with Crippen molar-refractivity contribution < 1.29 is 14.7 Å². The lowest BCUT2D eigenvalue weighted by atomic mass is 10.1. The van der Waals surface area contributed by atoms with Crippen LogP contribution >= 0.6 is 11.8 Å². The van der Waals surface area contributed by atoms with Gasteiger partial charge in [0, 0.05) is 5.75 Å². The lowest BCUT2D eigenvalue weighted by Gasteiger charge is -2.28. The number of hydrogen-bond acceptors (Lipinski definition) is 3. The summed E-state index contributed by atoms with van der Waals surface area (Å²) in [5.41, 5.74) is 0. The van der Waals surface area contributed by atoms with Crippen LogP contribution in [-0.2, 0) is 9.59 Å². The first-order chi connectivity index (χ1) is 6.99. The van der Waals surface area contributed by atoms with Crippen molar-refractivity contribution in [2.45, 2.75) is 25.3 Å². The highest BCUT2D eigenvalue weighted by Crippen LogP contribution is 2.34. The second kappa shape index (κ2) is 4.70. The highest BCUT2D eigenvalue weighted by molar-refractivity contribution is 8.00. The molecule has 1 N–H and O–H groups in total. The van der Waals surface area contributed by atoms with Gasteiger partial charge in [0.15, 0.2) is 0 Å². The standard InChI is InChI=1S/C10H15NO3S/c1-4-8(12)11-7(10(13)14)5-15-9(11)6(2)3/h4,6-7,9H,1,5H2,2-3H3,(H,13,14). The zero-order valence-electron chi connectivity index (χ0n) is 8.84. The molecule has 0 aromatic carbocycles. The zero-order valence-corrected chi connectivity index (χ0v) is 9.66. The van der Waals surface area contributed by atoms with Crippen molar-refractivity contribution in [3.05, 3.63) is 12.7 Å². The van der Waals surface area contributed by atoms with Crippen LogP contribution < -0.4 is 0 Å². The van der Waals surface area contributed by atoms with Gasteiger partial charge in [-0.2, -0.15) is 0 Å². The number of aliphatic carboxylic acids is 1. The van der Waals surface area contributed by atoms with E-state index in [-0.39, 0.29) is 17.2 Å². The Kier molecular flexibility index (Phi) is 3.79. The molecule has 0 aliphatic carbocycles. The highest BCUT2D eigenvalue weighted by Gasteiger charge is 2.41. The Hall–Kier alpha value is -0.970. The summed E-state index contributed by atoms with van der Waals surface area (Å²) in [6.07, 6.45) is 1.18. The molecule has 0 aromatic heterocycles. The van der Waals surface area contributed by atoms with Gasteiger partial charge < -0.3 is 10.0 Å². The van der Waals surface area contributed by atoms with Crippen LogP contribution in [-0.4, -0.2) is 39.1 Å². The van der Waals surface area contributed by atoms with Crippen LogP contribution in [0.1, 0.15) is 13.8 Å². The van der Waals surface area contributed by atoms with Crippen LogP contribution in [0.5, 0.6) is 0 Å². The molecule has 5 heteroatoms. The molecule has 1 aliphatic heterocycles. The largest absolute Gasteiger partial charge is 0.480 e. The summed E-state index contributed by atoms with van der Waals surface area (Å²) < 4.78 is 0. The molecule has 2 atom stereocenters. The van der Waals surface area contributed by atoms with E-state index in [1.165, 1.54) is 22.7 Å². The Labute approximate surface area is 93.3 Å². The van der Waals surface area contributed by atoms with Crippen LogP contribution in [0.2, 0.25) is 0 Å². The van der Waals surface area contributed by atoms with Crippen LogP contribution in [0.15, 0.2) is 12.7 Å². The molecule has 0 spiro atoms. The number of thioether (sulfide) groups is 1. The van der Waals surface area contributed by atoms with Crippen molar-refractivity contribution in [2.75, 3.05) is 5.75 Å². The van der Waals surface area contributed by atoms with Gasteiger partial charge in [-0.05, 0) is 12.0 Å². The van der Waals surface area contributed by atoms with Crippen LogP contribution in [0.4, 0.5) is 0 Å². The predicted molar refractivity (Wildman–Crippen MR) is 59.6 cm³/mol. The maximum atomic E-state index is 11.6. The maximum absolute atomic E-state index is 11.6. The quantitative estimate of drug-likeness (QED) is 0.738. The van der Waals surface area contributed by atoms with Crippen molar-refractivity contribution in [3.63, 3.8) is 0 Å². The molecule has 1 heterocycles. The van der Waals surface area contributed by atoms with Gasteiger partial charge >= 0.3 is 5.97 Å². The Morgan fingerprint density at radius 2 is 2.20 bits per heavy atom. The molecule has 1 rings (SSSR count). The fraction of sp³-hybridized carbons (Fsp3) is 0.600. The number of carbonyl (C=O) groups is 2. The third kappa shape index (κ3) is 2.34. The second-order valence-corrected chi connectivity index (χ2v) is 4.92. The SMILES string of the molecule is C=CC(=O)N1C(C(=O)O)CSC1C(C)C. The summed E-state index contributed by atoms with van der Waals surface area (Å²) in [4.78, 5) is 24.0. The minimum Gasteiger partial charge on any atom is -0.480 e. The third-order valence-corrected chi connectivity index (χ3v) is 3.94.